The predicted octanol–water partition coefficient (Wildman–Crippen LogP) is 4.75. The van der Waals surface area contributed by atoms with Crippen LogP contribution < -0.4 is 10.5 Å². The molecular formula is C21H26BrN3O. The normalized spacial score (nSPS) is 27.1. The molecule has 2 atom stereocenters. The Morgan fingerprint density at radius 2 is 2.12 bits per heavy atom. The fourth-order valence-electron chi connectivity index (χ4n) is 5.39. The van der Waals surface area contributed by atoms with Gasteiger partial charge in [-0.05, 0) is 48.3 Å². The summed E-state index contributed by atoms with van der Waals surface area (Å²) in [6.07, 6.45) is 5.33. The van der Waals surface area contributed by atoms with E-state index >= 15 is 0 Å². The molecule has 4 nitrogen and oxygen atoms in total. The molecule has 26 heavy (non-hydrogen) atoms. The maximum absolute atomic E-state index is 13.2. The maximum Gasteiger partial charge on any atom is 0.263 e. The first-order valence-corrected chi connectivity index (χ1v) is 10.1. The second-order valence-corrected chi connectivity index (χ2v) is 10.0. The summed E-state index contributed by atoms with van der Waals surface area (Å²) in [5.74, 6) is 0.802. The van der Waals surface area contributed by atoms with Crippen LogP contribution in [0.25, 0.3) is 10.9 Å². The second kappa shape index (κ2) is 5.95. The fourth-order valence-corrected chi connectivity index (χ4v) is 5.75. The number of anilines is 1. The van der Waals surface area contributed by atoms with E-state index in [1.165, 1.54) is 12.8 Å². The monoisotopic (exact) mass is 415 g/mol. The lowest BCUT2D eigenvalue weighted by Crippen LogP contribution is -2.38. The molecule has 2 fully saturated rings. The van der Waals surface area contributed by atoms with Crippen LogP contribution in [-0.4, -0.2) is 22.1 Å². The van der Waals surface area contributed by atoms with Crippen molar-refractivity contribution in [3.05, 3.63) is 45.7 Å². The molecule has 2 bridgehead atoms. The molecule has 0 amide bonds. The van der Waals surface area contributed by atoms with Crippen LogP contribution in [0.5, 0.6) is 0 Å². The zero-order valence-corrected chi connectivity index (χ0v) is 17.3. The average Bonchev–Trinajstić information content (AvgIpc) is 2.79. The largest absolute Gasteiger partial charge is 0.339 e. The quantitative estimate of drug-likeness (QED) is 0.678. The van der Waals surface area contributed by atoms with Crippen molar-refractivity contribution in [2.24, 2.45) is 10.8 Å². The van der Waals surface area contributed by atoms with Gasteiger partial charge in [-0.1, -0.05) is 42.8 Å². The predicted molar refractivity (Wildman–Crippen MR) is 111 cm³/mol. The first-order chi connectivity index (χ1) is 12.2. The highest BCUT2D eigenvalue weighted by atomic mass is 79.9. The summed E-state index contributed by atoms with van der Waals surface area (Å²) in [5, 5.41) is 0.652. The number of hydrogen-bond donors (Lipinski definition) is 0. The minimum absolute atomic E-state index is 0.0112. The number of rotatable bonds is 3. The number of nitrogens with zero attached hydrogens (tertiary/aromatic N) is 3. The third-order valence-electron chi connectivity index (χ3n) is 5.88. The smallest absolute Gasteiger partial charge is 0.263 e. The van der Waals surface area contributed by atoms with Crippen molar-refractivity contribution in [3.63, 3.8) is 0 Å². The number of hydrogen-bond acceptors (Lipinski definition) is 3. The summed E-state index contributed by atoms with van der Waals surface area (Å²) in [6, 6.07) is 6.18. The molecule has 1 aliphatic carbocycles. The van der Waals surface area contributed by atoms with Gasteiger partial charge in [-0.2, -0.15) is 0 Å². The van der Waals surface area contributed by atoms with Gasteiger partial charge in [0.2, 0.25) is 5.95 Å². The summed E-state index contributed by atoms with van der Waals surface area (Å²) in [7, 11) is 0. The highest BCUT2D eigenvalue weighted by molar-refractivity contribution is 9.10. The van der Waals surface area contributed by atoms with Crippen molar-refractivity contribution in [1.29, 1.82) is 0 Å². The van der Waals surface area contributed by atoms with Crippen LogP contribution in [0.2, 0.25) is 0 Å². The lowest BCUT2D eigenvalue weighted by molar-refractivity contribution is 0.136. The van der Waals surface area contributed by atoms with Gasteiger partial charge in [0.1, 0.15) is 0 Å². The highest BCUT2D eigenvalue weighted by Crippen LogP contribution is 2.53. The lowest BCUT2D eigenvalue weighted by atomic mass is 9.65. The maximum atomic E-state index is 13.2. The van der Waals surface area contributed by atoms with E-state index in [4.69, 9.17) is 4.98 Å². The van der Waals surface area contributed by atoms with Crippen LogP contribution in [0, 0.1) is 10.8 Å². The van der Waals surface area contributed by atoms with E-state index in [1.807, 2.05) is 18.2 Å². The van der Waals surface area contributed by atoms with Gasteiger partial charge in [0.25, 0.3) is 5.56 Å². The molecule has 2 aliphatic rings. The number of aromatic nitrogens is 2. The third kappa shape index (κ3) is 2.90. The Labute approximate surface area is 163 Å². The number of halogens is 1. The molecular weight excluding hydrogens is 390 g/mol. The van der Waals surface area contributed by atoms with Crippen LogP contribution in [-0.2, 0) is 6.54 Å². The number of fused-ring (bicyclic) bond motifs is 3. The topological polar surface area (TPSA) is 38.1 Å². The fraction of sp³-hybridized carbons (Fsp3) is 0.524. The Bertz CT molecular complexity index is 948. The van der Waals surface area contributed by atoms with E-state index < -0.39 is 0 Å². The molecule has 1 aromatic heterocycles. The van der Waals surface area contributed by atoms with E-state index in [9.17, 15) is 4.79 Å². The molecule has 138 valence electrons. The van der Waals surface area contributed by atoms with E-state index in [1.54, 1.807) is 10.6 Å². The molecule has 2 heterocycles. The third-order valence-corrected chi connectivity index (χ3v) is 6.37. The summed E-state index contributed by atoms with van der Waals surface area (Å²) < 4.78 is 2.69. The van der Waals surface area contributed by atoms with Crippen molar-refractivity contribution >= 4 is 32.8 Å². The molecule has 0 spiro atoms. The Balaban J connectivity index is 1.89. The van der Waals surface area contributed by atoms with Crippen LogP contribution in [0.4, 0.5) is 5.95 Å². The standard InChI is InChI=1S/C21H26BrN3O/c1-5-8-24-18(26)16-9-14(22)6-7-17(16)23-19(24)25-13-21(4)11-15(25)10-20(2,3)12-21/h5-7,9,15H,1,8,10-13H2,2-4H3. The van der Waals surface area contributed by atoms with Crippen molar-refractivity contribution < 1.29 is 0 Å². The summed E-state index contributed by atoms with van der Waals surface area (Å²) in [6.45, 7) is 12.4. The van der Waals surface area contributed by atoms with E-state index in [-0.39, 0.29) is 11.0 Å². The molecule has 2 unspecified atom stereocenters. The molecule has 1 saturated carbocycles. The Hall–Kier alpha value is -1.62. The van der Waals surface area contributed by atoms with Crippen molar-refractivity contribution in [1.82, 2.24) is 9.55 Å². The highest BCUT2D eigenvalue weighted by Gasteiger charge is 2.50. The summed E-state index contributed by atoms with van der Waals surface area (Å²) >= 11 is 3.46. The number of allylic oxidation sites excluding steroid dienone is 1. The van der Waals surface area contributed by atoms with Crippen LogP contribution in [0.3, 0.4) is 0 Å². The molecule has 1 aromatic carbocycles. The average molecular weight is 416 g/mol. The minimum Gasteiger partial charge on any atom is -0.339 e. The minimum atomic E-state index is 0.0112. The van der Waals surface area contributed by atoms with Gasteiger partial charge >= 0.3 is 0 Å². The molecule has 4 rings (SSSR count). The van der Waals surface area contributed by atoms with E-state index in [2.05, 4.69) is 48.2 Å². The summed E-state index contributed by atoms with van der Waals surface area (Å²) in [5.41, 5.74) is 1.40. The van der Waals surface area contributed by atoms with Crippen molar-refractivity contribution in [2.45, 2.75) is 52.6 Å². The second-order valence-electron chi connectivity index (χ2n) is 9.12. The van der Waals surface area contributed by atoms with Gasteiger partial charge in [-0.25, -0.2) is 4.98 Å². The van der Waals surface area contributed by atoms with Gasteiger partial charge in [0, 0.05) is 23.6 Å². The van der Waals surface area contributed by atoms with Gasteiger partial charge in [0.05, 0.1) is 10.9 Å². The Morgan fingerprint density at radius 3 is 2.85 bits per heavy atom. The zero-order chi connectivity index (χ0) is 18.7. The lowest BCUT2D eigenvalue weighted by Gasteiger charge is -2.39. The Kier molecular flexibility index (Phi) is 4.07. The van der Waals surface area contributed by atoms with Crippen molar-refractivity contribution in [3.8, 4) is 0 Å². The molecule has 5 heteroatoms. The van der Waals surface area contributed by atoms with Gasteiger partial charge in [-0.3, -0.25) is 9.36 Å². The van der Waals surface area contributed by atoms with Crippen LogP contribution >= 0.6 is 15.9 Å². The van der Waals surface area contributed by atoms with Crippen molar-refractivity contribution in [2.75, 3.05) is 11.4 Å². The summed E-state index contributed by atoms with van der Waals surface area (Å²) in [4.78, 5) is 20.5. The van der Waals surface area contributed by atoms with E-state index in [0.29, 0.717) is 23.4 Å². The zero-order valence-electron chi connectivity index (χ0n) is 15.8. The van der Waals surface area contributed by atoms with E-state index in [0.717, 1.165) is 28.9 Å². The Morgan fingerprint density at radius 1 is 1.35 bits per heavy atom. The van der Waals surface area contributed by atoms with Gasteiger partial charge < -0.3 is 4.90 Å². The molecule has 0 N–H and O–H groups in total. The van der Waals surface area contributed by atoms with Crippen LogP contribution in [0.1, 0.15) is 40.0 Å². The molecule has 2 aromatic rings. The number of benzene rings is 1. The molecule has 1 saturated heterocycles. The van der Waals surface area contributed by atoms with Gasteiger partial charge in [-0.15, -0.1) is 6.58 Å². The first-order valence-electron chi connectivity index (χ1n) is 9.29. The first kappa shape index (κ1) is 17.8. The van der Waals surface area contributed by atoms with Gasteiger partial charge in [0.15, 0.2) is 0 Å². The molecule has 0 radical (unpaired) electrons. The SMILES string of the molecule is C=CCn1c(N2CC3(C)CC2CC(C)(C)C3)nc2ccc(Br)cc2c1=O. The molecule has 1 aliphatic heterocycles. The van der Waals surface area contributed by atoms with Crippen LogP contribution in [0.15, 0.2) is 40.1 Å².